The molecule has 11 nitrogen and oxygen atoms in total. The van der Waals surface area contributed by atoms with Crippen molar-refractivity contribution >= 4 is 17.5 Å². The van der Waals surface area contributed by atoms with Gasteiger partial charge in [-0.25, -0.2) is 24.4 Å². The molecular weight excluding hydrogens is 388 g/mol. The van der Waals surface area contributed by atoms with Crippen LogP contribution < -0.4 is 19.7 Å². The summed E-state index contributed by atoms with van der Waals surface area (Å²) in [6, 6.07) is 6.94. The highest BCUT2D eigenvalue weighted by Crippen LogP contribution is 2.26. The summed E-state index contributed by atoms with van der Waals surface area (Å²) in [4.78, 5) is 29.1. The predicted octanol–water partition coefficient (Wildman–Crippen LogP) is 1.43. The van der Waals surface area contributed by atoms with Gasteiger partial charge in [-0.05, 0) is 0 Å². The minimum Gasteiger partial charge on any atom is -0.497 e. The fraction of sp³-hybridized carbons (Fsp3) is 0.316. The topological polar surface area (TPSA) is 111 Å². The van der Waals surface area contributed by atoms with E-state index < -0.39 is 0 Å². The van der Waals surface area contributed by atoms with Gasteiger partial charge in [-0.15, -0.1) is 0 Å². The molecule has 4 rings (SSSR count). The van der Waals surface area contributed by atoms with Crippen LogP contribution in [0.1, 0.15) is 0 Å². The van der Waals surface area contributed by atoms with E-state index in [2.05, 4.69) is 30.3 Å². The summed E-state index contributed by atoms with van der Waals surface area (Å²) in [5.74, 6) is 2.65. The van der Waals surface area contributed by atoms with Crippen molar-refractivity contribution in [2.45, 2.75) is 0 Å². The number of carbonyl (C=O) groups is 1. The number of ether oxygens (including phenoxy) is 2. The number of benzene rings is 1. The Morgan fingerprint density at radius 3 is 2.27 bits per heavy atom. The highest BCUT2D eigenvalue weighted by molar-refractivity contribution is 5.90. The maximum Gasteiger partial charge on any atom is 0.321 e. The number of piperazine rings is 1. The molecule has 1 aliphatic rings. The first-order valence-electron chi connectivity index (χ1n) is 9.37. The second-order valence-electron chi connectivity index (χ2n) is 6.58. The summed E-state index contributed by atoms with van der Waals surface area (Å²) in [7, 11) is 3.14. The molecular formula is C19H22N8O3. The number of rotatable bonds is 5. The van der Waals surface area contributed by atoms with E-state index in [4.69, 9.17) is 9.47 Å². The molecule has 0 atom stereocenters. The van der Waals surface area contributed by atoms with Crippen LogP contribution >= 0.6 is 0 Å². The quantitative estimate of drug-likeness (QED) is 0.673. The SMILES string of the molecule is COc1cc(NC(=O)N2CCN(c3cc(-n4cncn4)ncn3)CC2)cc(OC)c1. The minimum absolute atomic E-state index is 0.170. The Balaban J connectivity index is 1.38. The third kappa shape index (κ3) is 4.24. The Bertz CT molecular complexity index is 981. The molecule has 156 valence electrons. The Labute approximate surface area is 173 Å². The Kier molecular flexibility index (Phi) is 5.59. The van der Waals surface area contributed by atoms with Crippen molar-refractivity contribution in [3.63, 3.8) is 0 Å². The molecule has 0 spiro atoms. The van der Waals surface area contributed by atoms with E-state index in [0.717, 1.165) is 5.82 Å². The molecule has 3 heterocycles. The van der Waals surface area contributed by atoms with Crippen molar-refractivity contribution < 1.29 is 14.3 Å². The molecule has 0 aliphatic carbocycles. The van der Waals surface area contributed by atoms with Gasteiger partial charge < -0.3 is 24.6 Å². The van der Waals surface area contributed by atoms with Crippen molar-refractivity contribution in [2.24, 2.45) is 0 Å². The average molecular weight is 410 g/mol. The summed E-state index contributed by atoms with van der Waals surface area (Å²) < 4.78 is 12.1. The van der Waals surface area contributed by atoms with Gasteiger partial charge in [0.25, 0.3) is 0 Å². The summed E-state index contributed by atoms with van der Waals surface area (Å²) in [5.41, 5.74) is 0.618. The summed E-state index contributed by atoms with van der Waals surface area (Å²) in [6.45, 7) is 2.44. The first-order chi connectivity index (χ1) is 14.7. The number of carbonyl (C=O) groups excluding carboxylic acids is 1. The maximum absolute atomic E-state index is 12.7. The smallest absolute Gasteiger partial charge is 0.321 e. The Hall–Kier alpha value is -3.89. The number of urea groups is 1. The minimum atomic E-state index is -0.170. The van der Waals surface area contributed by atoms with Gasteiger partial charge >= 0.3 is 6.03 Å². The fourth-order valence-corrected chi connectivity index (χ4v) is 3.18. The van der Waals surface area contributed by atoms with Gasteiger partial charge in [0, 0.05) is 56.1 Å². The molecule has 11 heteroatoms. The van der Waals surface area contributed by atoms with Crippen molar-refractivity contribution in [2.75, 3.05) is 50.6 Å². The number of hydrogen-bond acceptors (Lipinski definition) is 8. The lowest BCUT2D eigenvalue weighted by molar-refractivity contribution is 0.208. The molecule has 1 fully saturated rings. The van der Waals surface area contributed by atoms with Crippen molar-refractivity contribution in [1.82, 2.24) is 29.6 Å². The van der Waals surface area contributed by atoms with Gasteiger partial charge in [-0.3, -0.25) is 0 Å². The van der Waals surface area contributed by atoms with Crippen LogP contribution in [0.3, 0.4) is 0 Å². The molecule has 1 N–H and O–H groups in total. The predicted molar refractivity (Wildman–Crippen MR) is 109 cm³/mol. The van der Waals surface area contributed by atoms with Crippen molar-refractivity contribution in [3.8, 4) is 17.3 Å². The molecule has 2 aromatic heterocycles. The van der Waals surface area contributed by atoms with Gasteiger partial charge in [0.15, 0.2) is 5.82 Å². The molecule has 1 aliphatic heterocycles. The molecule has 3 aromatic rings. The van der Waals surface area contributed by atoms with Crippen LogP contribution in [0.2, 0.25) is 0 Å². The summed E-state index contributed by atoms with van der Waals surface area (Å²) in [6.07, 6.45) is 4.54. The largest absolute Gasteiger partial charge is 0.497 e. The van der Waals surface area contributed by atoms with Crippen molar-refractivity contribution in [1.29, 1.82) is 0 Å². The van der Waals surface area contributed by atoms with E-state index in [1.807, 2.05) is 6.07 Å². The average Bonchev–Trinajstić information content (AvgIpc) is 3.34. The standard InChI is InChI=1S/C19H22N8O3/c1-29-15-7-14(8-16(9-15)30-2)24-19(28)26-5-3-25(4-6-26)17-10-18(22-12-21-17)27-13-20-11-23-27/h7-13H,3-6H2,1-2H3,(H,24,28). The number of anilines is 2. The van der Waals surface area contributed by atoms with E-state index in [-0.39, 0.29) is 6.03 Å². The highest BCUT2D eigenvalue weighted by Gasteiger charge is 2.22. The van der Waals surface area contributed by atoms with Gasteiger partial charge in [0.2, 0.25) is 0 Å². The summed E-state index contributed by atoms with van der Waals surface area (Å²) in [5, 5.41) is 7.00. The van der Waals surface area contributed by atoms with E-state index >= 15 is 0 Å². The van der Waals surface area contributed by atoms with Crippen LogP contribution in [0.4, 0.5) is 16.3 Å². The molecule has 2 amide bonds. The molecule has 1 saturated heterocycles. The van der Waals surface area contributed by atoms with E-state index in [9.17, 15) is 4.79 Å². The van der Waals surface area contributed by atoms with Gasteiger partial charge in [-0.1, -0.05) is 0 Å². The normalized spacial score (nSPS) is 13.8. The zero-order chi connectivity index (χ0) is 20.9. The van der Waals surface area contributed by atoms with E-state index in [0.29, 0.717) is 49.2 Å². The number of nitrogens with one attached hydrogen (secondary N) is 1. The van der Waals surface area contributed by atoms with Crippen LogP contribution in [-0.4, -0.2) is 76.1 Å². The number of aromatic nitrogens is 5. The molecule has 0 bridgehead atoms. The first kappa shape index (κ1) is 19.4. The Morgan fingerprint density at radius 2 is 1.63 bits per heavy atom. The maximum atomic E-state index is 12.7. The van der Waals surface area contributed by atoms with Crippen LogP contribution in [0.25, 0.3) is 5.82 Å². The molecule has 30 heavy (non-hydrogen) atoms. The van der Waals surface area contributed by atoms with Gasteiger partial charge in [0.05, 0.1) is 14.2 Å². The van der Waals surface area contributed by atoms with Crippen LogP contribution in [0.5, 0.6) is 11.5 Å². The molecule has 0 radical (unpaired) electrons. The molecule has 0 saturated carbocycles. The molecule has 0 unspecified atom stereocenters. The third-order valence-electron chi connectivity index (χ3n) is 4.79. The lowest BCUT2D eigenvalue weighted by Crippen LogP contribution is -2.50. The number of hydrogen-bond donors (Lipinski definition) is 1. The zero-order valence-corrected chi connectivity index (χ0v) is 16.7. The lowest BCUT2D eigenvalue weighted by Gasteiger charge is -2.35. The second-order valence-corrected chi connectivity index (χ2v) is 6.58. The molecule has 1 aromatic carbocycles. The first-order valence-corrected chi connectivity index (χ1v) is 9.37. The Morgan fingerprint density at radius 1 is 0.933 bits per heavy atom. The van der Waals surface area contributed by atoms with Crippen LogP contribution in [0.15, 0.2) is 43.2 Å². The number of amides is 2. The number of methoxy groups -OCH3 is 2. The third-order valence-corrected chi connectivity index (χ3v) is 4.79. The van der Waals surface area contributed by atoms with Gasteiger partial charge in [-0.2, -0.15) is 5.10 Å². The zero-order valence-electron chi connectivity index (χ0n) is 16.7. The summed E-state index contributed by atoms with van der Waals surface area (Å²) >= 11 is 0. The van der Waals surface area contributed by atoms with Gasteiger partial charge in [0.1, 0.15) is 36.3 Å². The van der Waals surface area contributed by atoms with E-state index in [1.165, 1.54) is 12.7 Å². The van der Waals surface area contributed by atoms with Crippen LogP contribution in [-0.2, 0) is 0 Å². The highest BCUT2D eigenvalue weighted by atomic mass is 16.5. The number of nitrogens with zero attached hydrogens (tertiary/aromatic N) is 7. The van der Waals surface area contributed by atoms with E-state index in [1.54, 1.807) is 48.3 Å². The van der Waals surface area contributed by atoms with Crippen LogP contribution in [0, 0.1) is 0 Å². The fourth-order valence-electron chi connectivity index (χ4n) is 3.18. The monoisotopic (exact) mass is 410 g/mol. The lowest BCUT2D eigenvalue weighted by atomic mass is 10.2. The van der Waals surface area contributed by atoms with Crippen molar-refractivity contribution in [3.05, 3.63) is 43.2 Å². The second kappa shape index (κ2) is 8.64.